The third-order valence-electron chi connectivity index (χ3n) is 6.37. The number of aryl methyl sites for hydroxylation is 1. The van der Waals surface area contributed by atoms with Gasteiger partial charge >= 0.3 is 151 Å². The van der Waals surface area contributed by atoms with Crippen LogP contribution in [-0.4, -0.2) is 56.3 Å². The summed E-state index contributed by atoms with van der Waals surface area (Å²) in [4.78, 5) is 12.1. The number of carbonyl (C=O) groups excluding carboxylic acids is 1. The molecule has 7 nitrogen and oxygen atoms in total. The molecule has 1 aliphatic rings. The van der Waals surface area contributed by atoms with Gasteiger partial charge < -0.3 is 9.47 Å². The number of hydrogen-bond donors (Lipinski definition) is 1. The first-order chi connectivity index (χ1) is 20.5. The SMILES string of the molecule is Cc1ccc([I-]c2ccc(OCC(=O)OCC(O)COc3ccc(Cc4ccc(OCC5CO5)cc4)cc3)cc2)cc1. The zero-order valence-corrected chi connectivity index (χ0v) is 25.6. The molecule has 1 N–H and O–H groups in total. The van der Waals surface area contributed by atoms with Crippen LogP contribution < -0.4 is 35.4 Å². The van der Waals surface area contributed by atoms with Crippen molar-refractivity contribution in [2.24, 2.45) is 0 Å². The molecule has 0 amide bonds. The Balaban J connectivity index is 0.961. The molecule has 4 aromatic rings. The maximum absolute atomic E-state index is 12.1. The third-order valence-corrected chi connectivity index (χ3v) is 9.06. The Morgan fingerprint density at radius 3 is 1.90 bits per heavy atom. The number of aliphatic hydroxyl groups is 1. The first kappa shape index (κ1) is 29.9. The fourth-order valence-corrected chi connectivity index (χ4v) is 6.08. The van der Waals surface area contributed by atoms with E-state index in [-0.39, 0.29) is 47.1 Å². The molecule has 2 atom stereocenters. The van der Waals surface area contributed by atoms with Crippen molar-refractivity contribution in [2.75, 3.05) is 33.0 Å². The minimum absolute atomic E-state index is 0.00632. The van der Waals surface area contributed by atoms with E-state index in [0.29, 0.717) is 18.1 Å². The van der Waals surface area contributed by atoms with Gasteiger partial charge in [-0.2, -0.15) is 0 Å². The van der Waals surface area contributed by atoms with Gasteiger partial charge in [0.1, 0.15) is 24.2 Å². The van der Waals surface area contributed by atoms with E-state index >= 15 is 0 Å². The molecule has 220 valence electrons. The van der Waals surface area contributed by atoms with Gasteiger partial charge in [-0.05, 0) is 41.8 Å². The van der Waals surface area contributed by atoms with E-state index < -0.39 is 12.1 Å². The molecule has 4 aromatic carbocycles. The van der Waals surface area contributed by atoms with E-state index in [4.69, 9.17) is 23.7 Å². The van der Waals surface area contributed by atoms with Gasteiger partial charge in [0.15, 0.2) is 0 Å². The second-order valence-corrected chi connectivity index (χ2v) is 13.0. The van der Waals surface area contributed by atoms with Gasteiger partial charge in [-0.3, -0.25) is 0 Å². The molecule has 0 radical (unpaired) electrons. The van der Waals surface area contributed by atoms with Gasteiger partial charge in [-0.25, -0.2) is 0 Å². The molecule has 5 rings (SSSR count). The van der Waals surface area contributed by atoms with Crippen molar-refractivity contribution in [3.8, 4) is 17.2 Å². The normalized spacial score (nSPS) is 14.7. The predicted octanol–water partition coefficient (Wildman–Crippen LogP) is 1.85. The molecule has 0 bridgehead atoms. The van der Waals surface area contributed by atoms with Crippen LogP contribution in [0.2, 0.25) is 0 Å². The summed E-state index contributed by atoms with van der Waals surface area (Å²) >= 11 is -0.263. The standard InChI is InChI=1S/C34H34IO7/c1-24-2-8-27(9-3-24)35-28-10-16-32(17-11-28)41-23-34(37)42-20-29(36)19-38-30-12-4-25(5-13-30)18-26-6-14-31(15-7-26)39-21-33-22-40-33/h2-17,29,33,36H,18-23H2,1H3/q-1. The third kappa shape index (κ3) is 10.0. The van der Waals surface area contributed by atoms with Crippen LogP contribution in [0.4, 0.5) is 0 Å². The summed E-state index contributed by atoms with van der Waals surface area (Å²) < 4.78 is 29.8. The first-order valence-electron chi connectivity index (χ1n) is 13.8. The van der Waals surface area contributed by atoms with Crippen LogP contribution in [-0.2, 0) is 20.7 Å². The van der Waals surface area contributed by atoms with E-state index in [2.05, 4.69) is 43.3 Å². The van der Waals surface area contributed by atoms with Gasteiger partial charge in [0.2, 0.25) is 0 Å². The molecule has 0 saturated carbocycles. The molecule has 1 aliphatic heterocycles. The van der Waals surface area contributed by atoms with Crippen LogP contribution in [0.5, 0.6) is 17.2 Å². The number of hydrogen-bond acceptors (Lipinski definition) is 7. The molecule has 8 heteroatoms. The van der Waals surface area contributed by atoms with Crippen LogP contribution in [0.3, 0.4) is 0 Å². The summed E-state index contributed by atoms with van der Waals surface area (Å²) in [6, 6.07) is 32.2. The summed E-state index contributed by atoms with van der Waals surface area (Å²) in [6.07, 6.45) is 0.0729. The van der Waals surface area contributed by atoms with E-state index in [1.165, 1.54) is 18.3 Å². The fraction of sp³-hybridized carbons (Fsp3) is 0.265. The average molecular weight is 682 g/mol. The number of halogens is 1. The van der Waals surface area contributed by atoms with Gasteiger partial charge in [0.25, 0.3) is 0 Å². The maximum atomic E-state index is 12.1. The number of esters is 1. The van der Waals surface area contributed by atoms with E-state index in [1.807, 2.05) is 60.7 Å². The van der Waals surface area contributed by atoms with E-state index in [1.54, 1.807) is 0 Å². The predicted molar refractivity (Wildman–Crippen MR) is 154 cm³/mol. The molecule has 1 heterocycles. The van der Waals surface area contributed by atoms with Crippen molar-refractivity contribution >= 4 is 5.97 Å². The monoisotopic (exact) mass is 681 g/mol. The molecule has 42 heavy (non-hydrogen) atoms. The van der Waals surface area contributed by atoms with Crippen molar-refractivity contribution < 1.29 is 54.8 Å². The molecule has 0 aliphatic carbocycles. The van der Waals surface area contributed by atoms with E-state index in [0.717, 1.165) is 24.3 Å². The van der Waals surface area contributed by atoms with Gasteiger partial charge in [-0.15, -0.1) is 0 Å². The second kappa shape index (κ2) is 15.0. The van der Waals surface area contributed by atoms with Crippen LogP contribution >= 0.6 is 0 Å². The number of benzene rings is 4. The van der Waals surface area contributed by atoms with Crippen molar-refractivity contribution in [1.82, 2.24) is 0 Å². The summed E-state index contributed by atoms with van der Waals surface area (Å²) in [6.45, 7) is 3.07. The van der Waals surface area contributed by atoms with Crippen molar-refractivity contribution in [2.45, 2.75) is 25.6 Å². The van der Waals surface area contributed by atoms with Gasteiger partial charge in [0.05, 0.1) is 6.61 Å². The van der Waals surface area contributed by atoms with Crippen LogP contribution in [0.25, 0.3) is 0 Å². The van der Waals surface area contributed by atoms with Crippen molar-refractivity contribution in [3.05, 3.63) is 121 Å². The summed E-state index contributed by atoms with van der Waals surface area (Å²) in [5.41, 5.74) is 3.57. The Kier molecular flexibility index (Phi) is 10.7. The second-order valence-electron chi connectivity index (χ2n) is 10.0. The molecular formula is C34H34IO7-. The number of aliphatic hydroxyl groups excluding tert-OH is 1. The molecule has 0 aromatic heterocycles. The zero-order valence-electron chi connectivity index (χ0n) is 23.4. The number of ether oxygens (including phenoxy) is 5. The minimum atomic E-state index is -0.953. The fourth-order valence-electron chi connectivity index (χ4n) is 3.93. The number of carbonyl (C=O) groups is 1. The van der Waals surface area contributed by atoms with Gasteiger partial charge in [0, 0.05) is 0 Å². The van der Waals surface area contributed by atoms with Crippen LogP contribution in [0.15, 0.2) is 97.1 Å². The van der Waals surface area contributed by atoms with E-state index in [9.17, 15) is 9.90 Å². The molecular weight excluding hydrogens is 647 g/mol. The van der Waals surface area contributed by atoms with Gasteiger partial charge in [-0.1, -0.05) is 24.3 Å². The number of epoxide rings is 1. The van der Waals surface area contributed by atoms with Crippen LogP contribution in [0, 0.1) is 14.1 Å². The Morgan fingerprint density at radius 2 is 1.31 bits per heavy atom. The van der Waals surface area contributed by atoms with Crippen molar-refractivity contribution in [3.63, 3.8) is 0 Å². The molecule has 1 fully saturated rings. The first-order valence-corrected chi connectivity index (χ1v) is 16.0. The summed E-state index contributed by atoms with van der Waals surface area (Å²) in [5.74, 6) is 1.52. The Labute approximate surface area is 256 Å². The molecule has 1 saturated heterocycles. The summed E-state index contributed by atoms with van der Waals surface area (Å²) in [5, 5.41) is 10.2. The molecule has 2 unspecified atom stereocenters. The quantitative estimate of drug-likeness (QED) is 0.117. The van der Waals surface area contributed by atoms with Crippen LogP contribution in [0.1, 0.15) is 16.7 Å². The summed E-state index contributed by atoms with van der Waals surface area (Å²) in [7, 11) is 0. The average Bonchev–Trinajstić information content (AvgIpc) is 3.85. The zero-order chi connectivity index (χ0) is 29.1. The Bertz CT molecular complexity index is 1400. The topological polar surface area (TPSA) is 86.8 Å². The Hall–Kier alpha value is -3.60. The van der Waals surface area contributed by atoms with Crippen molar-refractivity contribution in [1.29, 1.82) is 0 Å². The Morgan fingerprint density at radius 1 is 0.786 bits per heavy atom. The molecule has 0 spiro atoms. The number of rotatable bonds is 15.